The SMILES string of the molecule is NC(=O)C=CCCCCCCCCCCCC=CC(N)=O. The van der Waals surface area contributed by atoms with Crippen LogP contribution in [0.15, 0.2) is 24.3 Å². The van der Waals surface area contributed by atoms with Gasteiger partial charge >= 0.3 is 0 Å². The lowest BCUT2D eigenvalue weighted by Gasteiger charge is -2.01. The molecule has 4 nitrogen and oxygen atoms in total. The highest BCUT2D eigenvalue weighted by atomic mass is 16.1. The van der Waals surface area contributed by atoms with Gasteiger partial charge in [0.2, 0.25) is 11.8 Å². The van der Waals surface area contributed by atoms with Crippen LogP contribution in [-0.2, 0) is 9.59 Å². The molecule has 4 N–H and O–H groups in total. The fourth-order valence-electron chi connectivity index (χ4n) is 2.16. The second-order valence-corrected chi connectivity index (χ2v) is 5.37. The maximum atomic E-state index is 10.5. The van der Waals surface area contributed by atoms with Crippen molar-refractivity contribution in [2.24, 2.45) is 11.5 Å². The Hall–Kier alpha value is -1.58. The Morgan fingerprint density at radius 3 is 1.14 bits per heavy atom. The number of hydrogen-bond donors (Lipinski definition) is 2. The molecule has 0 fully saturated rings. The number of nitrogens with two attached hydrogens (primary N) is 2. The van der Waals surface area contributed by atoms with Gasteiger partial charge in [-0.3, -0.25) is 9.59 Å². The van der Waals surface area contributed by atoms with Gasteiger partial charge < -0.3 is 11.5 Å². The van der Waals surface area contributed by atoms with Gasteiger partial charge in [-0.15, -0.1) is 0 Å². The molecule has 0 aromatic heterocycles. The number of rotatable bonds is 14. The molecule has 2 amide bonds. The second-order valence-electron chi connectivity index (χ2n) is 5.37. The minimum absolute atomic E-state index is 0.361. The maximum Gasteiger partial charge on any atom is 0.241 e. The van der Waals surface area contributed by atoms with Gasteiger partial charge in [-0.2, -0.15) is 0 Å². The first-order valence-corrected chi connectivity index (χ1v) is 8.05. The normalized spacial score (nSPS) is 11.4. The summed E-state index contributed by atoms with van der Waals surface area (Å²) in [5, 5.41) is 0. The van der Waals surface area contributed by atoms with Crippen LogP contribution in [0, 0.1) is 0 Å². The zero-order valence-corrected chi connectivity index (χ0v) is 13.1. The molecule has 0 bridgehead atoms. The van der Waals surface area contributed by atoms with E-state index < -0.39 is 0 Å². The smallest absolute Gasteiger partial charge is 0.241 e. The average molecular weight is 294 g/mol. The summed E-state index contributed by atoms with van der Waals surface area (Å²) < 4.78 is 0. The zero-order chi connectivity index (χ0) is 15.8. The standard InChI is InChI=1S/C17H30N2O2/c18-16(20)14-12-10-8-6-4-2-1-3-5-7-9-11-13-15-17(19)21/h12-15H,1-11H2,(H2,18,20)(H2,19,21). The lowest BCUT2D eigenvalue weighted by Crippen LogP contribution is -2.05. The summed E-state index contributed by atoms with van der Waals surface area (Å²) in [6.45, 7) is 0. The lowest BCUT2D eigenvalue weighted by molar-refractivity contribution is -0.114. The molecule has 0 unspecified atom stereocenters. The number of carbonyl (C=O) groups is 2. The Kier molecular flexibility index (Phi) is 13.7. The van der Waals surface area contributed by atoms with Gasteiger partial charge in [0.05, 0.1) is 0 Å². The minimum atomic E-state index is -0.361. The molecule has 21 heavy (non-hydrogen) atoms. The number of amides is 2. The quantitative estimate of drug-likeness (QED) is 0.380. The Morgan fingerprint density at radius 1 is 0.571 bits per heavy atom. The molecule has 0 radical (unpaired) electrons. The summed E-state index contributed by atoms with van der Waals surface area (Å²) in [5.41, 5.74) is 10.0. The molecule has 0 aliphatic rings. The molecule has 0 saturated heterocycles. The lowest BCUT2D eigenvalue weighted by atomic mass is 10.1. The average Bonchev–Trinajstić information content (AvgIpc) is 2.42. The fraction of sp³-hybridized carbons (Fsp3) is 0.647. The van der Waals surface area contributed by atoms with E-state index in [4.69, 9.17) is 11.5 Å². The van der Waals surface area contributed by atoms with E-state index in [0.717, 1.165) is 25.7 Å². The number of allylic oxidation sites excluding steroid dienone is 2. The Bertz CT molecular complexity index is 304. The molecule has 0 aliphatic carbocycles. The van der Waals surface area contributed by atoms with E-state index in [1.165, 1.54) is 57.1 Å². The first-order valence-electron chi connectivity index (χ1n) is 8.05. The number of carbonyl (C=O) groups excluding carboxylic acids is 2. The number of hydrogen-bond acceptors (Lipinski definition) is 2. The molecule has 0 rings (SSSR count). The minimum Gasteiger partial charge on any atom is -0.366 e. The summed E-state index contributed by atoms with van der Waals surface area (Å²) >= 11 is 0. The van der Waals surface area contributed by atoms with Crippen LogP contribution in [0.4, 0.5) is 0 Å². The molecule has 0 spiro atoms. The molecular weight excluding hydrogens is 264 g/mol. The van der Waals surface area contributed by atoms with Crippen LogP contribution < -0.4 is 11.5 Å². The van der Waals surface area contributed by atoms with E-state index in [9.17, 15) is 9.59 Å². The van der Waals surface area contributed by atoms with E-state index >= 15 is 0 Å². The summed E-state index contributed by atoms with van der Waals surface area (Å²) in [4.78, 5) is 20.9. The highest BCUT2D eigenvalue weighted by Crippen LogP contribution is 2.11. The highest BCUT2D eigenvalue weighted by molar-refractivity contribution is 5.85. The molecule has 0 atom stereocenters. The molecule has 0 heterocycles. The van der Waals surface area contributed by atoms with Gasteiger partial charge in [0, 0.05) is 0 Å². The van der Waals surface area contributed by atoms with E-state index in [2.05, 4.69) is 0 Å². The first kappa shape index (κ1) is 19.4. The van der Waals surface area contributed by atoms with Gasteiger partial charge in [-0.1, -0.05) is 57.1 Å². The van der Waals surface area contributed by atoms with Crippen molar-refractivity contribution in [3.8, 4) is 0 Å². The maximum absolute atomic E-state index is 10.5. The van der Waals surface area contributed by atoms with Crippen molar-refractivity contribution in [3.63, 3.8) is 0 Å². The van der Waals surface area contributed by atoms with Gasteiger partial charge in [-0.05, 0) is 37.8 Å². The molecule has 4 heteroatoms. The number of unbranched alkanes of at least 4 members (excludes halogenated alkanes) is 10. The number of primary amides is 2. The van der Waals surface area contributed by atoms with Crippen molar-refractivity contribution in [2.75, 3.05) is 0 Å². The summed E-state index contributed by atoms with van der Waals surface area (Å²) in [6.07, 6.45) is 19.6. The van der Waals surface area contributed by atoms with Crippen LogP contribution in [0.2, 0.25) is 0 Å². The van der Waals surface area contributed by atoms with Crippen LogP contribution in [0.5, 0.6) is 0 Å². The zero-order valence-electron chi connectivity index (χ0n) is 13.1. The Balaban J connectivity index is 3.12. The van der Waals surface area contributed by atoms with E-state index in [-0.39, 0.29) is 11.8 Å². The largest absolute Gasteiger partial charge is 0.366 e. The van der Waals surface area contributed by atoms with Crippen molar-refractivity contribution in [3.05, 3.63) is 24.3 Å². The summed E-state index contributed by atoms with van der Waals surface area (Å²) in [5.74, 6) is -0.722. The fourth-order valence-corrected chi connectivity index (χ4v) is 2.16. The molecule has 120 valence electrons. The van der Waals surface area contributed by atoms with Gasteiger partial charge in [0.25, 0.3) is 0 Å². The van der Waals surface area contributed by atoms with Crippen molar-refractivity contribution < 1.29 is 9.59 Å². The van der Waals surface area contributed by atoms with Crippen molar-refractivity contribution in [1.82, 2.24) is 0 Å². The molecule has 0 aliphatic heterocycles. The van der Waals surface area contributed by atoms with Crippen LogP contribution in [-0.4, -0.2) is 11.8 Å². The Morgan fingerprint density at radius 2 is 0.857 bits per heavy atom. The third kappa shape index (κ3) is 18.4. The monoisotopic (exact) mass is 294 g/mol. The predicted octanol–water partition coefficient (Wildman–Crippen LogP) is 3.36. The van der Waals surface area contributed by atoms with E-state index in [1.54, 1.807) is 0 Å². The van der Waals surface area contributed by atoms with Crippen molar-refractivity contribution >= 4 is 11.8 Å². The first-order chi connectivity index (χ1) is 10.1. The molecular formula is C17H30N2O2. The van der Waals surface area contributed by atoms with Crippen LogP contribution >= 0.6 is 0 Å². The summed E-state index contributed by atoms with van der Waals surface area (Å²) in [7, 11) is 0. The van der Waals surface area contributed by atoms with Gasteiger partial charge in [-0.25, -0.2) is 0 Å². The third-order valence-electron chi connectivity index (χ3n) is 3.31. The molecule has 0 saturated carbocycles. The van der Waals surface area contributed by atoms with Crippen LogP contribution in [0.25, 0.3) is 0 Å². The topological polar surface area (TPSA) is 86.2 Å². The van der Waals surface area contributed by atoms with Gasteiger partial charge in [0.1, 0.15) is 0 Å². The predicted molar refractivity (Wildman–Crippen MR) is 87.5 cm³/mol. The highest BCUT2D eigenvalue weighted by Gasteiger charge is 1.92. The van der Waals surface area contributed by atoms with Crippen LogP contribution in [0.1, 0.15) is 70.6 Å². The molecule has 0 aromatic carbocycles. The van der Waals surface area contributed by atoms with Crippen molar-refractivity contribution in [1.29, 1.82) is 0 Å². The molecule has 0 aromatic rings. The Labute approximate surface area is 128 Å². The van der Waals surface area contributed by atoms with Gasteiger partial charge in [0.15, 0.2) is 0 Å². The van der Waals surface area contributed by atoms with E-state index in [0.29, 0.717) is 0 Å². The van der Waals surface area contributed by atoms with Crippen LogP contribution in [0.3, 0.4) is 0 Å². The van der Waals surface area contributed by atoms with Crippen molar-refractivity contribution in [2.45, 2.75) is 70.6 Å². The summed E-state index contributed by atoms with van der Waals surface area (Å²) in [6, 6.07) is 0. The second kappa shape index (κ2) is 14.8. The third-order valence-corrected chi connectivity index (χ3v) is 3.31. The van der Waals surface area contributed by atoms with E-state index in [1.807, 2.05) is 12.2 Å².